The van der Waals surface area contributed by atoms with Crippen LogP contribution >= 0.6 is 0 Å². The van der Waals surface area contributed by atoms with Crippen LogP contribution in [0.3, 0.4) is 0 Å². The van der Waals surface area contributed by atoms with Gasteiger partial charge in [0.1, 0.15) is 0 Å². The molecule has 0 aliphatic carbocycles. The minimum atomic E-state index is -0.681. The van der Waals surface area contributed by atoms with Gasteiger partial charge in [0.2, 0.25) is 5.91 Å². The average molecular weight is 762 g/mol. The number of esters is 1. The average Bonchev–Trinajstić information content (AvgIpc) is 3.17. The molecule has 0 aliphatic rings. The molecule has 0 radical (unpaired) electrons. The lowest BCUT2D eigenvalue weighted by molar-refractivity contribution is -0.143. The van der Waals surface area contributed by atoms with Crippen molar-refractivity contribution < 1.29 is 24.5 Å². The molecule has 2 atom stereocenters. The van der Waals surface area contributed by atoms with Crippen LogP contribution in [0.1, 0.15) is 245 Å². The molecule has 3 N–H and O–H groups in total. The predicted octanol–water partition coefficient (Wildman–Crippen LogP) is 13.6. The first-order valence-electron chi connectivity index (χ1n) is 23.6. The summed E-state index contributed by atoms with van der Waals surface area (Å²) in [6.07, 6.45) is 49.8. The second kappa shape index (κ2) is 44.1. The Kier molecular flexibility index (Phi) is 42.7. The molecule has 318 valence electrons. The summed E-state index contributed by atoms with van der Waals surface area (Å²) in [5, 5.41) is 23.1. The molecule has 0 saturated carbocycles. The number of hydrogen-bond acceptors (Lipinski definition) is 5. The Morgan fingerprint density at radius 3 is 1.44 bits per heavy atom. The van der Waals surface area contributed by atoms with Gasteiger partial charge in [-0.2, -0.15) is 0 Å². The maximum atomic E-state index is 12.4. The fraction of sp³-hybridized carbons (Fsp3) is 0.875. The lowest BCUT2D eigenvalue weighted by Gasteiger charge is -2.22. The van der Waals surface area contributed by atoms with Crippen molar-refractivity contribution in [2.75, 3.05) is 13.2 Å². The normalized spacial score (nSPS) is 12.9. The number of allylic oxidation sites excluding steroid dienone is 4. The van der Waals surface area contributed by atoms with Gasteiger partial charge in [-0.05, 0) is 57.8 Å². The minimum Gasteiger partial charge on any atom is -0.466 e. The highest BCUT2D eigenvalue weighted by Gasteiger charge is 2.20. The van der Waals surface area contributed by atoms with Gasteiger partial charge < -0.3 is 20.3 Å². The monoisotopic (exact) mass is 762 g/mol. The Balaban J connectivity index is 3.51. The van der Waals surface area contributed by atoms with Crippen molar-refractivity contribution in [1.82, 2.24) is 5.32 Å². The van der Waals surface area contributed by atoms with E-state index >= 15 is 0 Å². The number of nitrogens with one attached hydrogen (secondary N) is 1. The quantitative estimate of drug-likeness (QED) is 0.0327. The van der Waals surface area contributed by atoms with Crippen LogP contribution in [0.15, 0.2) is 24.3 Å². The fourth-order valence-corrected chi connectivity index (χ4v) is 7.08. The van der Waals surface area contributed by atoms with Crippen molar-refractivity contribution in [3.63, 3.8) is 0 Å². The summed E-state index contributed by atoms with van der Waals surface area (Å²) in [4.78, 5) is 24.4. The van der Waals surface area contributed by atoms with Gasteiger partial charge in [0.05, 0.1) is 25.4 Å². The third-order valence-electron chi connectivity index (χ3n) is 10.8. The molecule has 0 aliphatic heterocycles. The first kappa shape index (κ1) is 52.3. The summed E-state index contributed by atoms with van der Waals surface area (Å²) in [5.74, 6) is -0.104. The Labute approximate surface area is 335 Å². The third-order valence-corrected chi connectivity index (χ3v) is 10.8. The molecule has 0 aromatic rings. The zero-order valence-corrected chi connectivity index (χ0v) is 36.0. The van der Waals surface area contributed by atoms with Crippen molar-refractivity contribution in [3.8, 4) is 0 Å². The third kappa shape index (κ3) is 40.0. The van der Waals surface area contributed by atoms with E-state index in [-0.39, 0.29) is 18.5 Å². The van der Waals surface area contributed by atoms with E-state index in [0.717, 1.165) is 70.6 Å². The van der Waals surface area contributed by atoms with Crippen molar-refractivity contribution >= 4 is 11.9 Å². The van der Waals surface area contributed by atoms with Gasteiger partial charge in [-0.1, -0.05) is 199 Å². The maximum absolute atomic E-state index is 12.4. The molecule has 0 rings (SSSR count). The van der Waals surface area contributed by atoms with Crippen LogP contribution in [-0.4, -0.2) is 47.4 Å². The SMILES string of the molecule is CCCCC/C=C\C/C=C\CCCCCCCC(=O)OCCCCCCCCCCCC(=O)NC(CO)C(O)CCCCCCCCCCCCCCC. The van der Waals surface area contributed by atoms with Crippen LogP contribution in [0.4, 0.5) is 0 Å². The summed E-state index contributed by atoms with van der Waals surface area (Å²) < 4.78 is 5.43. The van der Waals surface area contributed by atoms with Crippen molar-refractivity contribution in [2.24, 2.45) is 0 Å². The molecule has 6 heteroatoms. The van der Waals surface area contributed by atoms with Crippen LogP contribution in [0.2, 0.25) is 0 Å². The zero-order valence-electron chi connectivity index (χ0n) is 36.0. The van der Waals surface area contributed by atoms with E-state index in [9.17, 15) is 19.8 Å². The van der Waals surface area contributed by atoms with Gasteiger partial charge in [0.25, 0.3) is 0 Å². The standard InChI is InChI=1S/C48H91NO5/c1-3-5-7-9-11-13-15-17-18-20-22-26-30-34-38-42-48(53)54-43-39-35-31-27-23-25-29-33-37-41-47(52)49-45(44-50)46(51)40-36-32-28-24-21-19-16-14-12-10-8-6-4-2/h11,13,17-18,45-46,50-51H,3-10,12,14-16,19-44H2,1-2H3,(H,49,52)/b13-11-,18-17-. The van der Waals surface area contributed by atoms with Crippen LogP contribution in [-0.2, 0) is 14.3 Å². The molecule has 0 spiro atoms. The van der Waals surface area contributed by atoms with E-state index in [1.165, 1.54) is 141 Å². The Hall–Kier alpha value is -1.66. The smallest absolute Gasteiger partial charge is 0.305 e. The van der Waals surface area contributed by atoms with Crippen molar-refractivity contribution in [2.45, 2.75) is 257 Å². The molecule has 0 heterocycles. The van der Waals surface area contributed by atoms with E-state index in [1.807, 2.05) is 0 Å². The first-order valence-corrected chi connectivity index (χ1v) is 23.6. The van der Waals surface area contributed by atoms with Crippen molar-refractivity contribution in [1.29, 1.82) is 0 Å². The molecule has 54 heavy (non-hydrogen) atoms. The van der Waals surface area contributed by atoms with E-state index in [2.05, 4.69) is 43.5 Å². The van der Waals surface area contributed by atoms with Gasteiger partial charge in [-0.3, -0.25) is 9.59 Å². The molecule has 0 aromatic carbocycles. The largest absolute Gasteiger partial charge is 0.466 e. The van der Waals surface area contributed by atoms with Crippen molar-refractivity contribution in [3.05, 3.63) is 24.3 Å². The van der Waals surface area contributed by atoms with Crippen LogP contribution < -0.4 is 5.32 Å². The lowest BCUT2D eigenvalue weighted by Crippen LogP contribution is -2.45. The number of aliphatic hydroxyl groups excluding tert-OH is 2. The Bertz CT molecular complexity index is 843. The van der Waals surface area contributed by atoms with Gasteiger partial charge >= 0.3 is 5.97 Å². The van der Waals surface area contributed by atoms with Gasteiger partial charge in [0, 0.05) is 12.8 Å². The van der Waals surface area contributed by atoms with Crippen LogP contribution in [0.25, 0.3) is 0 Å². The molecule has 0 saturated heterocycles. The Morgan fingerprint density at radius 1 is 0.519 bits per heavy atom. The summed E-state index contributed by atoms with van der Waals surface area (Å²) in [6, 6.07) is -0.561. The lowest BCUT2D eigenvalue weighted by atomic mass is 10.0. The number of unbranched alkanes of at least 4 members (excludes halogenated alkanes) is 28. The number of ether oxygens (including phenoxy) is 1. The van der Waals surface area contributed by atoms with E-state index in [1.54, 1.807) is 0 Å². The first-order chi connectivity index (χ1) is 26.5. The minimum absolute atomic E-state index is 0.0394. The second-order valence-electron chi connectivity index (χ2n) is 16.1. The summed E-state index contributed by atoms with van der Waals surface area (Å²) in [5.41, 5.74) is 0. The number of carbonyl (C=O) groups is 2. The van der Waals surface area contributed by atoms with E-state index in [0.29, 0.717) is 25.9 Å². The molecule has 0 fully saturated rings. The molecule has 0 bridgehead atoms. The van der Waals surface area contributed by atoms with Gasteiger partial charge in [-0.25, -0.2) is 0 Å². The number of aliphatic hydroxyl groups is 2. The molecule has 6 nitrogen and oxygen atoms in total. The maximum Gasteiger partial charge on any atom is 0.305 e. The molecule has 2 unspecified atom stereocenters. The number of rotatable bonds is 43. The predicted molar refractivity (Wildman–Crippen MR) is 232 cm³/mol. The van der Waals surface area contributed by atoms with E-state index < -0.39 is 12.1 Å². The summed E-state index contributed by atoms with van der Waals surface area (Å²) in [7, 11) is 0. The molecule has 0 aromatic heterocycles. The fourth-order valence-electron chi connectivity index (χ4n) is 7.08. The van der Waals surface area contributed by atoms with Gasteiger partial charge in [0.15, 0.2) is 0 Å². The molecular formula is C48H91NO5. The highest BCUT2D eigenvalue weighted by molar-refractivity contribution is 5.76. The highest BCUT2D eigenvalue weighted by atomic mass is 16.5. The van der Waals surface area contributed by atoms with E-state index in [4.69, 9.17) is 4.74 Å². The van der Waals surface area contributed by atoms with Gasteiger partial charge in [-0.15, -0.1) is 0 Å². The Morgan fingerprint density at radius 2 is 0.926 bits per heavy atom. The number of hydrogen-bond donors (Lipinski definition) is 3. The zero-order chi connectivity index (χ0) is 39.4. The van der Waals surface area contributed by atoms with Crippen LogP contribution in [0.5, 0.6) is 0 Å². The molecular weight excluding hydrogens is 671 g/mol. The summed E-state index contributed by atoms with van der Waals surface area (Å²) >= 11 is 0. The summed E-state index contributed by atoms with van der Waals surface area (Å²) in [6.45, 7) is 4.84. The van der Waals surface area contributed by atoms with Crippen LogP contribution in [0, 0.1) is 0 Å². The number of carbonyl (C=O) groups excluding carboxylic acids is 2. The highest BCUT2D eigenvalue weighted by Crippen LogP contribution is 2.15. The number of amides is 1. The molecule has 1 amide bonds. The topological polar surface area (TPSA) is 95.9 Å². The second-order valence-corrected chi connectivity index (χ2v) is 16.1.